The standard InChI is InChI=1S/C17H28O4/c1-9(18)21-14-12-10(15(12,2)3)11-13(14)17(5,20)8-6-7-16(11,4)19/h10-14,19-20H,6-8H2,1-5H3. The Balaban J connectivity index is 2.04. The van der Waals surface area contributed by atoms with Crippen molar-refractivity contribution in [1.29, 1.82) is 0 Å². The van der Waals surface area contributed by atoms with Gasteiger partial charge in [0.25, 0.3) is 0 Å². The van der Waals surface area contributed by atoms with Crippen LogP contribution in [0.5, 0.6) is 0 Å². The Bertz CT molecular complexity index is 465. The Hall–Kier alpha value is -0.610. The molecule has 0 aromatic rings. The first kappa shape index (κ1) is 15.3. The predicted octanol–water partition coefficient (Wildman–Crippen LogP) is 2.12. The summed E-state index contributed by atoms with van der Waals surface area (Å²) in [7, 11) is 0. The number of rotatable bonds is 1. The average Bonchev–Trinajstić information content (AvgIpc) is 2.69. The Morgan fingerprint density at radius 1 is 0.952 bits per heavy atom. The molecule has 7 unspecified atom stereocenters. The summed E-state index contributed by atoms with van der Waals surface area (Å²) in [6, 6.07) is 0. The maximum Gasteiger partial charge on any atom is 0.302 e. The molecular weight excluding hydrogens is 268 g/mol. The lowest BCUT2D eigenvalue weighted by atomic mass is 9.68. The lowest BCUT2D eigenvalue weighted by molar-refractivity contribution is -0.165. The van der Waals surface area contributed by atoms with Crippen LogP contribution >= 0.6 is 0 Å². The topological polar surface area (TPSA) is 66.8 Å². The smallest absolute Gasteiger partial charge is 0.302 e. The molecule has 4 heteroatoms. The molecule has 0 aromatic heterocycles. The molecule has 0 amide bonds. The first-order chi connectivity index (χ1) is 9.50. The normalized spacial score (nSPS) is 54.3. The van der Waals surface area contributed by atoms with Crippen molar-refractivity contribution in [2.45, 2.75) is 71.2 Å². The molecule has 3 rings (SSSR count). The van der Waals surface area contributed by atoms with Gasteiger partial charge in [0, 0.05) is 24.7 Å². The van der Waals surface area contributed by atoms with Crippen molar-refractivity contribution in [2.75, 3.05) is 0 Å². The molecule has 3 aliphatic carbocycles. The van der Waals surface area contributed by atoms with Gasteiger partial charge in [0.15, 0.2) is 0 Å². The highest BCUT2D eigenvalue weighted by Gasteiger charge is 2.77. The first-order valence-corrected chi connectivity index (χ1v) is 8.12. The van der Waals surface area contributed by atoms with Gasteiger partial charge in [-0.1, -0.05) is 13.8 Å². The van der Waals surface area contributed by atoms with Crippen LogP contribution in [0.15, 0.2) is 0 Å². The summed E-state index contributed by atoms with van der Waals surface area (Å²) in [5.74, 6) is 0.127. The molecule has 21 heavy (non-hydrogen) atoms. The molecule has 0 aliphatic heterocycles. The number of fused-ring (bicyclic) bond motifs is 3. The minimum Gasteiger partial charge on any atom is -0.462 e. The first-order valence-electron chi connectivity index (χ1n) is 8.12. The molecule has 0 aromatic carbocycles. The number of aliphatic hydroxyl groups is 2. The summed E-state index contributed by atoms with van der Waals surface area (Å²) in [4.78, 5) is 11.5. The number of hydrogen-bond donors (Lipinski definition) is 2. The molecule has 4 nitrogen and oxygen atoms in total. The maximum atomic E-state index is 11.5. The van der Waals surface area contributed by atoms with E-state index in [1.165, 1.54) is 6.92 Å². The van der Waals surface area contributed by atoms with Crippen LogP contribution in [0.3, 0.4) is 0 Å². The summed E-state index contributed by atoms with van der Waals surface area (Å²) >= 11 is 0. The highest BCUT2D eigenvalue weighted by atomic mass is 16.5. The van der Waals surface area contributed by atoms with Crippen LogP contribution in [0.1, 0.15) is 53.9 Å². The van der Waals surface area contributed by atoms with Crippen molar-refractivity contribution in [3.63, 3.8) is 0 Å². The van der Waals surface area contributed by atoms with Gasteiger partial charge in [-0.3, -0.25) is 4.79 Å². The molecule has 0 radical (unpaired) electrons. The molecule has 0 spiro atoms. The van der Waals surface area contributed by atoms with Gasteiger partial charge in [-0.25, -0.2) is 0 Å². The van der Waals surface area contributed by atoms with Crippen LogP contribution in [0.25, 0.3) is 0 Å². The second-order valence-electron chi connectivity index (χ2n) is 8.57. The molecule has 0 bridgehead atoms. The highest BCUT2D eigenvalue weighted by molar-refractivity contribution is 5.66. The largest absolute Gasteiger partial charge is 0.462 e. The fourth-order valence-electron chi connectivity index (χ4n) is 5.67. The third kappa shape index (κ3) is 2.06. The van der Waals surface area contributed by atoms with E-state index in [0.717, 1.165) is 6.42 Å². The van der Waals surface area contributed by atoms with E-state index in [9.17, 15) is 15.0 Å². The summed E-state index contributed by atoms with van der Waals surface area (Å²) in [5, 5.41) is 21.9. The minimum absolute atomic E-state index is 0.000602. The molecule has 0 saturated heterocycles. The summed E-state index contributed by atoms with van der Waals surface area (Å²) in [6.07, 6.45) is 1.89. The Morgan fingerprint density at radius 3 is 2.00 bits per heavy atom. The lowest BCUT2D eigenvalue weighted by Crippen LogP contribution is -2.51. The van der Waals surface area contributed by atoms with Crippen LogP contribution in [0, 0.1) is 29.1 Å². The van der Waals surface area contributed by atoms with Crippen LogP contribution in [0.2, 0.25) is 0 Å². The SMILES string of the molecule is CC(=O)OC1C2C(C3C1C3(C)C)C(C)(O)CCCC2(C)O. The van der Waals surface area contributed by atoms with E-state index in [0.29, 0.717) is 18.8 Å². The summed E-state index contributed by atoms with van der Waals surface area (Å²) < 4.78 is 5.64. The van der Waals surface area contributed by atoms with E-state index in [2.05, 4.69) is 13.8 Å². The van der Waals surface area contributed by atoms with Crippen molar-refractivity contribution in [2.24, 2.45) is 29.1 Å². The molecule has 3 aliphatic rings. The Labute approximate surface area is 126 Å². The maximum absolute atomic E-state index is 11.5. The third-order valence-electron chi connectivity index (χ3n) is 6.58. The molecule has 3 saturated carbocycles. The number of esters is 1. The van der Waals surface area contributed by atoms with E-state index < -0.39 is 11.2 Å². The zero-order valence-corrected chi connectivity index (χ0v) is 13.7. The molecule has 2 N–H and O–H groups in total. The minimum atomic E-state index is -0.880. The second-order valence-corrected chi connectivity index (χ2v) is 8.57. The number of carbonyl (C=O) groups is 1. The number of ether oxygens (including phenoxy) is 1. The highest BCUT2D eigenvalue weighted by Crippen LogP contribution is 2.75. The van der Waals surface area contributed by atoms with Crippen molar-refractivity contribution in [3.05, 3.63) is 0 Å². The van der Waals surface area contributed by atoms with E-state index in [4.69, 9.17) is 4.74 Å². The molecular formula is C17H28O4. The average molecular weight is 296 g/mol. The molecule has 3 fully saturated rings. The van der Waals surface area contributed by atoms with Gasteiger partial charge in [0.1, 0.15) is 6.10 Å². The van der Waals surface area contributed by atoms with Gasteiger partial charge in [0.2, 0.25) is 0 Å². The van der Waals surface area contributed by atoms with Gasteiger partial charge in [-0.15, -0.1) is 0 Å². The second kappa shape index (κ2) is 4.23. The van der Waals surface area contributed by atoms with E-state index in [-0.39, 0.29) is 35.2 Å². The summed E-state index contributed by atoms with van der Waals surface area (Å²) in [5.41, 5.74) is -1.60. The van der Waals surface area contributed by atoms with Crippen molar-refractivity contribution in [3.8, 4) is 0 Å². The van der Waals surface area contributed by atoms with Gasteiger partial charge in [-0.05, 0) is 44.4 Å². The van der Waals surface area contributed by atoms with E-state index in [1.807, 2.05) is 13.8 Å². The van der Waals surface area contributed by atoms with Crippen molar-refractivity contribution in [1.82, 2.24) is 0 Å². The fourth-order valence-corrected chi connectivity index (χ4v) is 5.67. The Kier molecular flexibility index (Phi) is 3.08. The van der Waals surface area contributed by atoms with E-state index in [1.54, 1.807) is 0 Å². The third-order valence-corrected chi connectivity index (χ3v) is 6.58. The van der Waals surface area contributed by atoms with Gasteiger partial charge in [0.05, 0.1) is 11.2 Å². The summed E-state index contributed by atoms with van der Waals surface area (Å²) in [6.45, 7) is 9.55. The lowest BCUT2D eigenvalue weighted by Gasteiger charge is -2.43. The van der Waals surface area contributed by atoms with Crippen LogP contribution < -0.4 is 0 Å². The van der Waals surface area contributed by atoms with E-state index >= 15 is 0 Å². The molecule has 120 valence electrons. The van der Waals surface area contributed by atoms with Crippen molar-refractivity contribution < 1.29 is 19.7 Å². The van der Waals surface area contributed by atoms with Gasteiger partial charge in [-0.2, -0.15) is 0 Å². The zero-order valence-electron chi connectivity index (χ0n) is 13.7. The molecule has 0 heterocycles. The molecule has 7 atom stereocenters. The van der Waals surface area contributed by atoms with Crippen LogP contribution in [0.4, 0.5) is 0 Å². The zero-order chi connectivity index (χ0) is 15.8. The number of carbonyl (C=O) groups excluding carboxylic acids is 1. The monoisotopic (exact) mass is 296 g/mol. The van der Waals surface area contributed by atoms with Gasteiger partial charge >= 0.3 is 5.97 Å². The van der Waals surface area contributed by atoms with Gasteiger partial charge < -0.3 is 14.9 Å². The van der Waals surface area contributed by atoms with Crippen molar-refractivity contribution >= 4 is 5.97 Å². The predicted molar refractivity (Wildman–Crippen MR) is 78.4 cm³/mol. The fraction of sp³-hybridized carbons (Fsp3) is 0.941. The van der Waals surface area contributed by atoms with Crippen LogP contribution in [-0.2, 0) is 9.53 Å². The van der Waals surface area contributed by atoms with Crippen LogP contribution in [-0.4, -0.2) is 33.5 Å². The quantitative estimate of drug-likeness (QED) is 0.727. The Morgan fingerprint density at radius 2 is 1.48 bits per heavy atom. The number of hydrogen-bond acceptors (Lipinski definition) is 4.